The topological polar surface area (TPSA) is 46.3 Å². The number of halogens is 1. The van der Waals surface area contributed by atoms with Gasteiger partial charge in [0.05, 0.1) is 5.69 Å². The van der Waals surface area contributed by atoms with Gasteiger partial charge in [-0.25, -0.2) is 4.39 Å². The first-order valence-electron chi connectivity index (χ1n) is 7.22. The maximum Gasteiger partial charge on any atom is 0.246 e. The monoisotopic (exact) mass is 296 g/mol. The number of hydrogen-bond donors (Lipinski definition) is 1. The number of carbonyl (C=O) groups excluding carboxylic acids is 1. The number of nitrogen functional groups attached to an aromatic ring is 1. The van der Waals surface area contributed by atoms with Gasteiger partial charge in [0.1, 0.15) is 5.82 Å². The Hall–Kier alpha value is -2.62. The van der Waals surface area contributed by atoms with Crippen LogP contribution in [0.5, 0.6) is 0 Å². The molecule has 0 spiro atoms. The van der Waals surface area contributed by atoms with Crippen LogP contribution in [-0.2, 0) is 17.8 Å². The highest BCUT2D eigenvalue weighted by Crippen LogP contribution is 2.19. The van der Waals surface area contributed by atoms with Crippen LogP contribution in [-0.4, -0.2) is 17.4 Å². The van der Waals surface area contributed by atoms with Crippen LogP contribution in [0.4, 0.5) is 10.1 Å². The number of hydrogen-bond acceptors (Lipinski definition) is 2. The zero-order chi connectivity index (χ0) is 15.5. The van der Waals surface area contributed by atoms with Crippen LogP contribution >= 0.6 is 0 Å². The molecule has 1 aliphatic heterocycles. The Morgan fingerprint density at radius 2 is 1.95 bits per heavy atom. The van der Waals surface area contributed by atoms with Gasteiger partial charge in [-0.15, -0.1) is 0 Å². The molecule has 0 saturated heterocycles. The Morgan fingerprint density at radius 1 is 1.18 bits per heavy atom. The van der Waals surface area contributed by atoms with E-state index in [-0.39, 0.29) is 11.6 Å². The third-order valence-electron chi connectivity index (χ3n) is 3.88. The van der Waals surface area contributed by atoms with Gasteiger partial charge < -0.3 is 10.6 Å². The summed E-state index contributed by atoms with van der Waals surface area (Å²) < 4.78 is 13.1. The second kappa shape index (κ2) is 6.02. The molecule has 0 bridgehead atoms. The van der Waals surface area contributed by atoms with E-state index in [0.29, 0.717) is 18.7 Å². The van der Waals surface area contributed by atoms with Gasteiger partial charge in [0.25, 0.3) is 0 Å². The van der Waals surface area contributed by atoms with Crippen molar-refractivity contribution in [2.45, 2.75) is 13.0 Å². The summed E-state index contributed by atoms with van der Waals surface area (Å²) in [4.78, 5) is 14.1. The first kappa shape index (κ1) is 14.3. The molecule has 0 fully saturated rings. The van der Waals surface area contributed by atoms with Crippen LogP contribution < -0.4 is 5.73 Å². The Balaban J connectivity index is 1.70. The molecule has 2 N–H and O–H groups in total. The molecule has 2 aromatic rings. The molecule has 1 amide bonds. The van der Waals surface area contributed by atoms with Gasteiger partial charge in [-0.3, -0.25) is 4.79 Å². The second-order valence-corrected chi connectivity index (χ2v) is 5.39. The van der Waals surface area contributed by atoms with Crippen molar-refractivity contribution in [1.29, 1.82) is 0 Å². The van der Waals surface area contributed by atoms with Gasteiger partial charge in [0.15, 0.2) is 0 Å². The molecule has 22 heavy (non-hydrogen) atoms. The molecule has 0 aromatic heterocycles. The summed E-state index contributed by atoms with van der Waals surface area (Å²) in [7, 11) is 0. The van der Waals surface area contributed by atoms with E-state index in [4.69, 9.17) is 5.73 Å². The number of rotatable bonds is 2. The van der Waals surface area contributed by atoms with E-state index < -0.39 is 5.82 Å². The number of nitrogens with zero attached hydrogens (tertiary/aromatic N) is 1. The first-order valence-corrected chi connectivity index (χ1v) is 7.22. The van der Waals surface area contributed by atoms with Gasteiger partial charge in [-0.05, 0) is 41.3 Å². The van der Waals surface area contributed by atoms with Gasteiger partial charge in [0.2, 0.25) is 5.91 Å². The molecular weight excluding hydrogens is 279 g/mol. The van der Waals surface area contributed by atoms with Gasteiger partial charge in [-0.2, -0.15) is 0 Å². The minimum absolute atomic E-state index is 0.0441. The summed E-state index contributed by atoms with van der Waals surface area (Å²) in [5.41, 5.74) is 8.82. The molecule has 1 aliphatic rings. The van der Waals surface area contributed by atoms with E-state index in [0.717, 1.165) is 6.42 Å². The maximum absolute atomic E-state index is 13.1. The van der Waals surface area contributed by atoms with Crippen molar-refractivity contribution in [1.82, 2.24) is 4.90 Å². The van der Waals surface area contributed by atoms with E-state index in [9.17, 15) is 9.18 Å². The number of nitrogens with two attached hydrogens (primary N) is 1. The molecule has 0 unspecified atom stereocenters. The molecule has 112 valence electrons. The van der Waals surface area contributed by atoms with Crippen molar-refractivity contribution in [3.8, 4) is 0 Å². The zero-order valence-corrected chi connectivity index (χ0v) is 12.1. The zero-order valence-electron chi connectivity index (χ0n) is 12.1. The Morgan fingerprint density at radius 3 is 2.73 bits per heavy atom. The molecule has 0 atom stereocenters. The summed E-state index contributed by atoms with van der Waals surface area (Å²) >= 11 is 0. The summed E-state index contributed by atoms with van der Waals surface area (Å²) in [5, 5.41) is 0. The second-order valence-electron chi connectivity index (χ2n) is 5.39. The summed E-state index contributed by atoms with van der Waals surface area (Å²) in [5.74, 6) is -0.492. The van der Waals surface area contributed by atoms with Crippen LogP contribution in [0, 0.1) is 5.82 Å². The molecule has 3 rings (SSSR count). The van der Waals surface area contributed by atoms with Crippen LogP contribution in [0.2, 0.25) is 0 Å². The largest absolute Gasteiger partial charge is 0.396 e. The van der Waals surface area contributed by atoms with Crippen molar-refractivity contribution in [3.05, 3.63) is 71.0 Å². The Labute approximate surface area is 128 Å². The minimum atomic E-state index is -0.448. The van der Waals surface area contributed by atoms with E-state index in [1.54, 1.807) is 12.1 Å². The first-order chi connectivity index (χ1) is 10.6. The lowest BCUT2D eigenvalue weighted by molar-refractivity contribution is -0.126. The lowest BCUT2D eigenvalue weighted by Crippen LogP contribution is -2.34. The van der Waals surface area contributed by atoms with Crippen LogP contribution in [0.1, 0.15) is 16.7 Å². The lowest BCUT2D eigenvalue weighted by atomic mass is 10.00. The van der Waals surface area contributed by atoms with Gasteiger partial charge in [0, 0.05) is 19.2 Å². The number of anilines is 1. The molecule has 0 saturated carbocycles. The Bertz CT molecular complexity index is 740. The van der Waals surface area contributed by atoms with Crippen molar-refractivity contribution >= 4 is 17.7 Å². The van der Waals surface area contributed by atoms with Crippen LogP contribution in [0.25, 0.3) is 6.08 Å². The highest BCUT2D eigenvalue weighted by molar-refractivity contribution is 5.92. The molecule has 3 nitrogen and oxygen atoms in total. The highest BCUT2D eigenvalue weighted by atomic mass is 19.1. The fraction of sp³-hybridized carbons (Fsp3) is 0.167. The third kappa shape index (κ3) is 3.01. The fourth-order valence-corrected chi connectivity index (χ4v) is 2.62. The standard InChI is InChI=1S/C18H17FN2O/c19-16-7-5-13(11-17(16)20)6-8-18(22)21-10-9-14-3-1-2-4-15(14)12-21/h1-8,11H,9-10,12,20H2/b8-6+. The summed E-state index contributed by atoms with van der Waals surface area (Å²) in [6.45, 7) is 1.34. The predicted octanol–water partition coefficient (Wildman–Crippen LogP) is 3.01. The smallest absolute Gasteiger partial charge is 0.246 e. The normalized spacial score (nSPS) is 14.1. The number of benzene rings is 2. The molecule has 4 heteroatoms. The van der Waals surface area contributed by atoms with Crippen molar-refractivity contribution < 1.29 is 9.18 Å². The number of fused-ring (bicyclic) bond motifs is 1. The van der Waals surface area contributed by atoms with E-state index in [1.165, 1.54) is 29.3 Å². The van der Waals surface area contributed by atoms with Crippen LogP contribution in [0.15, 0.2) is 48.5 Å². The molecule has 0 radical (unpaired) electrons. The van der Waals surface area contributed by atoms with E-state index >= 15 is 0 Å². The summed E-state index contributed by atoms with van der Waals surface area (Å²) in [6, 6.07) is 12.6. The molecule has 1 heterocycles. The number of amides is 1. The van der Waals surface area contributed by atoms with Crippen LogP contribution in [0.3, 0.4) is 0 Å². The average Bonchev–Trinajstić information content (AvgIpc) is 2.55. The number of carbonyl (C=O) groups is 1. The van der Waals surface area contributed by atoms with Gasteiger partial charge >= 0.3 is 0 Å². The minimum Gasteiger partial charge on any atom is -0.396 e. The Kier molecular flexibility index (Phi) is 3.92. The fourth-order valence-electron chi connectivity index (χ4n) is 2.62. The third-order valence-corrected chi connectivity index (χ3v) is 3.88. The predicted molar refractivity (Wildman–Crippen MR) is 85.4 cm³/mol. The maximum atomic E-state index is 13.1. The SMILES string of the molecule is Nc1cc(/C=C/C(=O)N2CCc3ccccc3C2)ccc1F. The van der Waals surface area contributed by atoms with Gasteiger partial charge in [-0.1, -0.05) is 30.3 Å². The quantitative estimate of drug-likeness (QED) is 0.684. The van der Waals surface area contributed by atoms with Crippen molar-refractivity contribution in [2.24, 2.45) is 0 Å². The van der Waals surface area contributed by atoms with Crippen molar-refractivity contribution in [2.75, 3.05) is 12.3 Å². The van der Waals surface area contributed by atoms with Crippen molar-refractivity contribution in [3.63, 3.8) is 0 Å². The highest BCUT2D eigenvalue weighted by Gasteiger charge is 2.18. The molecule has 2 aromatic carbocycles. The van der Waals surface area contributed by atoms with E-state index in [2.05, 4.69) is 12.1 Å². The summed E-state index contributed by atoms with van der Waals surface area (Å²) in [6.07, 6.45) is 4.05. The molecule has 0 aliphatic carbocycles. The average molecular weight is 296 g/mol. The lowest BCUT2D eigenvalue weighted by Gasteiger charge is -2.27. The van der Waals surface area contributed by atoms with E-state index in [1.807, 2.05) is 17.0 Å². The molecular formula is C18H17FN2O.